The molecular formula is C22H29F3N2O2. The van der Waals surface area contributed by atoms with Gasteiger partial charge in [-0.05, 0) is 49.0 Å². The van der Waals surface area contributed by atoms with Crippen molar-refractivity contribution in [2.75, 3.05) is 0 Å². The number of aliphatic hydroxyl groups is 1. The van der Waals surface area contributed by atoms with Gasteiger partial charge in [0.25, 0.3) is 5.72 Å². The topological polar surface area (TPSA) is 52.9 Å². The Hall–Kier alpha value is -1.89. The van der Waals surface area contributed by atoms with Crippen LogP contribution in [0.1, 0.15) is 58.4 Å². The Morgan fingerprint density at radius 3 is 2.48 bits per heavy atom. The molecule has 0 spiro atoms. The fraction of sp³-hybridized carbons (Fsp3) is 0.636. The molecule has 1 aliphatic carbocycles. The van der Waals surface area contributed by atoms with Gasteiger partial charge in [-0.25, -0.2) is 0 Å². The third-order valence-electron chi connectivity index (χ3n) is 6.29. The number of nitrogens with zero attached hydrogens (tertiary/aromatic N) is 2. The molecule has 7 heteroatoms. The molecule has 3 rings (SSSR count). The summed E-state index contributed by atoms with van der Waals surface area (Å²) in [5, 5.41) is 15.2. The molecule has 1 aliphatic heterocycles. The van der Waals surface area contributed by atoms with Gasteiger partial charge in [-0.15, -0.1) is 0 Å². The first-order chi connectivity index (χ1) is 13.4. The van der Waals surface area contributed by atoms with Gasteiger partial charge in [-0.3, -0.25) is 4.79 Å². The molecule has 1 heterocycles. The van der Waals surface area contributed by atoms with Crippen LogP contribution >= 0.6 is 0 Å². The highest BCUT2D eigenvalue weighted by molar-refractivity contribution is 5.93. The lowest BCUT2D eigenvalue weighted by Crippen LogP contribution is -2.62. The summed E-state index contributed by atoms with van der Waals surface area (Å²) in [5.74, 6) is -1.96. The molecule has 1 N–H and O–H groups in total. The monoisotopic (exact) mass is 410 g/mol. The van der Waals surface area contributed by atoms with Crippen LogP contribution in [0.15, 0.2) is 35.4 Å². The van der Waals surface area contributed by atoms with Gasteiger partial charge in [0.05, 0.1) is 5.92 Å². The predicted molar refractivity (Wildman–Crippen MR) is 105 cm³/mol. The van der Waals surface area contributed by atoms with E-state index in [9.17, 15) is 23.1 Å². The van der Waals surface area contributed by atoms with Crippen molar-refractivity contribution < 1.29 is 23.1 Å². The first-order valence-corrected chi connectivity index (χ1v) is 10.2. The zero-order valence-corrected chi connectivity index (χ0v) is 17.2. The van der Waals surface area contributed by atoms with E-state index in [1.807, 2.05) is 51.1 Å². The minimum absolute atomic E-state index is 0.0217. The minimum atomic E-state index is -4.97. The van der Waals surface area contributed by atoms with Crippen LogP contribution in [0.3, 0.4) is 0 Å². The highest BCUT2D eigenvalue weighted by atomic mass is 19.4. The maximum absolute atomic E-state index is 14.0. The normalized spacial score (nSPS) is 27.6. The molecule has 2 aliphatic rings. The van der Waals surface area contributed by atoms with Gasteiger partial charge < -0.3 is 5.11 Å². The lowest BCUT2D eigenvalue weighted by atomic mass is 9.66. The number of benzene rings is 1. The number of hydrogen-bond donors (Lipinski definition) is 1. The van der Waals surface area contributed by atoms with Gasteiger partial charge >= 0.3 is 6.18 Å². The van der Waals surface area contributed by atoms with E-state index in [-0.39, 0.29) is 24.2 Å². The number of carbonyl (C=O) groups is 1. The Bertz CT molecular complexity index is 771. The zero-order valence-electron chi connectivity index (χ0n) is 17.2. The standard InChI is InChI=1S/C22H29F3N2O2/c1-20(2,3)16-12-13-18-17(14-16)21(29,22(23,24)25)27(26-18)19(28)11-7-10-15-8-5-4-6-9-15/h4-6,8-9,16-17,29H,7,10-14H2,1-3H3/t16-,17+,21+/m1/s1. The van der Waals surface area contributed by atoms with Gasteiger partial charge in [-0.1, -0.05) is 51.1 Å². The number of hydrazone groups is 1. The molecule has 0 unspecified atom stereocenters. The zero-order chi connectivity index (χ0) is 21.4. The van der Waals surface area contributed by atoms with Gasteiger partial charge in [0.1, 0.15) is 0 Å². The number of amides is 1. The summed E-state index contributed by atoms with van der Waals surface area (Å²) in [4.78, 5) is 12.7. The molecular weight excluding hydrogens is 381 g/mol. The van der Waals surface area contributed by atoms with Gasteiger partial charge in [0.2, 0.25) is 5.91 Å². The number of rotatable bonds is 4. The van der Waals surface area contributed by atoms with Gasteiger partial charge in [0.15, 0.2) is 0 Å². The molecule has 1 aromatic rings. The Balaban J connectivity index is 1.77. The Morgan fingerprint density at radius 1 is 1.24 bits per heavy atom. The van der Waals surface area contributed by atoms with Crippen molar-refractivity contribution >= 4 is 11.6 Å². The van der Waals surface area contributed by atoms with Crippen LogP contribution in [0.25, 0.3) is 0 Å². The van der Waals surface area contributed by atoms with Crippen molar-refractivity contribution in [3.05, 3.63) is 35.9 Å². The average Bonchev–Trinajstić information content (AvgIpc) is 2.95. The summed E-state index contributed by atoms with van der Waals surface area (Å²) in [5.41, 5.74) is -2.12. The quantitative estimate of drug-likeness (QED) is 0.766. The van der Waals surface area contributed by atoms with Crippen molar-refractivity contribution in [1.29, 1.82) is 0 Å². The minimum Gasteiger partial charge on any atom is -0.362 e. The van der Waals surface area contributed by atoms with Crippen LogP contribution in [-0.4, -0.2) is 33.6 Å². The first kappa shape index (κ1) is 21.8. The number of alkyl halides is 3. The van der Waals surface area contributed by atoms with Crippen LogP contribution in [0.4, 0.5) is 13.2 Å². The summed E-state index contributed by atoms with van der Waals surface area (Å²) in [7, 11) is 0. The predicted octanol–water partition coefficient (Wildman–Crippen LogP) is 4.92. The maximum Gasteiger partial charge on any atom is 0.439 e. The molecule has 29 heavy (non-hydrogen) atoms. The summed E-state index contributed by atoms with van der Waals surface area (Å²) in [6.07, 6.45) is -2.84. The van der Waals surface area contributed by atoms with E-state index in [4.69, 9.17) is 0 Å². The third kappa shape index (κ3) is 4.20. The van der Waals surface area contributed by atoms with Crippen molar-refractivity contribution in [2.45, 2.75) is 71.2 Å². The Kier molecular flexibility index (Phi) is 5.82. The number of carbonyl (C=O) groups excluding carboxylic acids is 1. The van der Waals surface area contributed by atoms with Crippen LogP contribution in [-0.2, 0) is 11.2 Å². The van der Waals surface area contributed by atoms with Gasteiger partial charge in [0, 0.05) is 12.1 Å². The lowest BCUT2D eigenvalue weighted by Gasteiger charge is -2.42. The van der Waals surface area contributed by atoms with Crippen molar-refractivity contribution in [3.63, 3.8) is 0 Å². The number of fused-ring (bicyclic) bond motifs is 1. The van der Waals surface area contributed by atoms with Crippen molar-refractivity contribution in [1.82, 2.24) is 5.01 Å². The molecule has 1 fully saturated rings. The van der Waals surface area contributed by atoms with E-state index >= 15 is 0 Å². The molecule has 160 valence electrons. The van der Waals surface area contributed by atoms with E-state index in [0.717, 1.165) is 5.56 Å². The molecule has 1 aromatic carbocycles. The summed E-state index contributed by atoms with van der Waals surface area (Å²) >= 11 is 0. The first-order valence-electron chi connectivity index (χ1n) is 10.2. The number of hydrogen-bond acceptors (Lipinski definition) is 3. The van der Waals surface area contributed by atoms with Crippen LogP contribution in [0.5, 0.6) is 0 Å². The fourth-order valence-electron chi connectivity index (χ4n) is 4.45. The van der Waals surface area contributed by atoms with E-state index in [2.05, 4.69) is 5.10 Å². The molecule has 1 saturated carbocycles. The Labute approximate surface area is 169 Å². The fourth-order valence-corrected chi connectivity index (χ4v) is 4.45. The lowest BCUT2D eigenvalue weighted by molar-refractivity contribution is -0.318. The molecule has 0 saturated heterocycles. The van der Waals surface area contributed by atoms with E-state index in [0.29, 0.717) is 36.4 Å². The van der Waals surface area contributed by atoms with Crippen LogP contribution in [0.2, 0.25) is 0 Å². The SMILES string of the molecule is CC(C)(C)[C@@H]1CCC2=NN(C(=O)CCCc3ccccc3)[C@@](O)(C(F)(F)F)[C@H]2C1. The average molecular weight is 410 g/mol. The van der Waals surface area contributed by atoms with Crippen LogP contribution < -0.4 is 0 Å². The molecule has 4 nitrogen and oxygen atoms in total. The van der Waals surface area contributed by atoms with E-state index in [1.54, 1.807) is 0 Å². The largest absolute Gasteiger partial charge is 0.439 e. The summed E-state index contributed by atoms with van der Waals surface area (Å²) in [6.45, 7) is 5.98. The highest BCUT2D eigenvalue weighted by Gasteiger charge is 2.69. The molecule has 0 aromatic heterocycles. The number of halogens is 3. The Morgan fingerprint density at radius 2 is 1.90 bits per heavy atom. The van der Waals surface area contributed by atoms with E-state index < -0.39 is 23.7 Å². The molecule has 3 atom stereocenters. The second-order valence-corrected chi connectivity index (χ2v) is 9.25. The van der Waals surface area contributed by atoms with Crippen LogP contribution in [0, 0.1) is 17.3 Å². The van der Waals surface area contributed by atoms with Gasteiger partial charge in [-0.2, -0.15) is 23.3 Å². The summed E-state index contributed by atoms with van der Waals surface area (Å²) in [6, 6.07) is 9.46. The second-order valence-electron chi connectivity index (χ2n) is 9.25. The molecule has 1 amide bonds. The second kappa shape index (κ2) is 7.74. The van der Waals surface area contributed by atoms with Crippen molar-refractivity contribution in [3.8, 4) is 0 Å². The third-order valence-corrected chi connectivity index (χ3v) is 6.29. The molecule has 0 radical (unpaired) electrons. The smallest absolute Gasteiger partial charge is 0.362 e. The maximum atomic E-state index is 14.0. The highest BCUT2D eigenvalue weighted by Crippen LogP contribution is 2.51. The van der Waals surface area contributed by atoms with Crippen molar-refractivity contribution in [2.24, 2.45) is 22.4 Å². The molecule has 0 bridgehead atoms. The van der Waals surface area contributed by atoms with E-state index in [1.165, 1.54) is 0 Å². The number of aryl methyl sites for hydroxylation is 1. The summed E-state index contributed by atoms with van der Waals surface area (Å²) < 4.78 is 42.1.